The van der Waals surface area contributed by atoms with Crippen molar-refractivity contribution in [1.82, 2.24) is 0 Å². The molecule has 0 aromatic carbocycles. The number of carboxylic acids is 1. The molecule has 0 spiro atoms. The van der Waals surface area contributed by atoms with Crippen LogP contribution >= 0.6 is 7.60 Å². The Kier molecular flexibility index (Phi) is 3.72. The van der Waals surface area contributed by atoms with Crippen LogP contribution in [0.5, 0.6) is 0 Å². The lowest BCUT2D eigenvalue weighted by atomic mass is 10.2. The van der Waals surface area contributed by atoms with Gasteiger partial charge in [-0.1, -0.05) is 6.92 Å². The predicted octanol–water partition coefficient (Wildman–Crippen LogP) is 0.417. The maximum atomic E-state index is 10.4. The molecule has 0 aliphatic rings. The zero-order valence-corrected chi connectivity index (χ0v) is 6.99. The topological polar surface area (TPSA) is 94.8 Å². The Labute approximate surface area is 64.2 Å². The highest BCUT2D eigenvalue weighted by atomic mass is 31.2. The molecule has 6 heteroatoms. The van der Waals surface area contributed by atoms with Gasteiger partial charge in [-0.2, -0.15) is 0 Å². The lowest BCUT2D eigenvalue weighted by molar-refractivity contribution is -0.137. The van der Waals surface area contributed by atoms with Crippen molar-refractivity contribution >= 4 is 13.6 Å². The molecule has 5 nitrogen and oxygen atoms in total. The van der Waals surface area contributed by atoms with E-state index in [1.54, 1.807) is 0 Å². The van der Waals surface area contributed by atoms with Crippen molar-refractivity contribution in [3.8, 4) is 0 Å². The zero-order valence-electron chi connectivity index (χ0n) is 6.10. The fraction of sp³-hybridized carbons (Fsp3) is 0.800. The minimum Gasteiger partial charge on any atom is -0.481 e. The summed E-state index contributed by atoms with van der Waals surface area (Å²) in [6.07, 6.45) is -0.189. The standard InChI is InChI=1S/C5H11O5P/c1-4(11(8,9)10)2-3-5(6)7/h4H,2-3H2,1H3,(H,6,7)(H2,8,9,10). The van der Waals surface area contributed by atoms with Crippen molar-refractivity contribution in [2.24, 2.45) is 0 Å². The maximum Gasteiger partial charge on any atom is 0.328 e. The molecule has 0 aliphatic heterocycles. The summed E-state index contributed by atoms with van der Waals surface area (Å²) in [6, 6.07) is 0. The normalized spacial score (nSPS) is 14.5. The van der Waals surface area contributed by atoms with E-state index in [0.29, 0.717) is 0 Å². The number of hydrogen-bond donors (Lipinski definition) is 3. The Morgan fingerprint density at radius 3 is 2.27 bits per heavy atom. The lowest BCUT2D eigenvalue weighted by Gasteiger charge is -2.10. The van der Waals surface area contributed by atoms with Gasteiger partial charge in [0.25, 0.3) is 0 Å². The Hall–Kier alpha value is -0.380. The molecule has 0 heterocycles. The Bertz CT molecular complexity index is 183. The van der Waals surface area contributed by atoms with Gasteiger partial charge in [-0.05, 0) is 6.42 Å². The van der Waals surface area contributed by atoms with Crippen LogP contribution in [0.2, 0.25) is 0 Å². The number of rotatable bonds is 4. The third kappa shape index (κ3) is 4.95. The first kappa shape index (κ1) is 10.6. The average molecular weight is 182 g/mol. The fourth-order valence-corrected chi connectivity index (χ4v) is 0.966. The molecule has 0 radical (unpaired) electrons. The molecule has 0 aliphatic carbocycles. The SMILES string of the molecule is CC(CCC(=O)O)P(=O)(O)O. The summed E-state index contributed by atoms with van der Waals surface area (Å²) in [6.45, 7) is 1.34. The van der Waals surface area contributed by atoms with E-state index in [2.05, 4.69) is 0 Å². The Morgan fingerprint density at radius 1 is 1.55 bits per heavy atom. The molecule has 0 saturated carbocycles. The minimum absolute atomic E-state index is 0.0135. The van der Waals surface area contributed by atoms with Crippen molar-refractivity contribution in [2.45, 2.75) is 25.4 Å². The van der Waals surface area contributed by atoms with Crippen LogP contribution in [0.4, 0.5) is 0 Å². The Balaban J connectivity index is 3.80. The second kappa shape index (κ2) is 3.85. The summed E-state index contributed by atoms with van der Waals surface area (Å²) < 4.78 is 10.4. The van der Waals surface area contributed by atoms with Crippen LogP contribution in [0.3, 0.4) is 0 Å². The third-order valence-electron chi connectivity index (χ3n) is 1.35. The molecule has 0 amide bonds. The number of hydrogen-bond acceptors (Lipinski definition) is 2. The molecule has 0 saturated heterocycles. The number of carbonyl (C=O) groups is 1. The van der Waals surface area contributed by atoms with Gasteiger partial charge < -0.3 is 14.9 Å². The summed E-state index contributed by atoms with van der Waals surface area (Å²) in [4.78, 5) is 27.0. The average Bonchev–Trinajstić information content (AvgIpc) is 1.80. The summed E-state index contributed by atoms with van der Waals surface area (Å²) in [5.41, 5.74) is -0.862. The van der Waals surface area contributed by atoms with Crippen LogP contribution in [0.1, 0.15) is 19.8 Å². The first-order chi connectivity index (χ1) is 4.84. The van der Waals surface area contributed by atoms with E-state index in [4.69, 9.17) is 14.9 Å². The van der Waals surface area contributed by atoms with E-state index >= 15 is 0 Å². The van der Waals surface area contributed by atoms with Gasteiger partial charge in [-0.15, -0.1) is 0 Å². The summed E-state index contributed by atoms with van der Waals surface area (Å²) in [7, 11) is -4.08. The van der Waals surface area contributed by atoms with E-state index in [1.165, 1.54) is 6.92 Å². The molecule has 0 fully saturated rings. The molecule has 3 N–H and O–H groups in total. The monoisotopic (exact) mass is 182 g/mol. The van der Waals surface area contributed by atoms with Crippen molar-refractivity contribution in [3.63, 3.8) is 0 Å². The van der Waals surface area contributed by atoms with Gasteiger partial charge in [0.2, 0.25) is 0 Å². The van der Waals surface area contributed by atoms with Gasteiger partial charge >= 0.3 is 13.6 Å². The van der Waals surface area contributed by atoms with Crippen LogP contribution in [0.25, 0.3) is 0 Å². The smallest absolute Gasteiger partial charge is 0.328 e. The number of aliphatic carboxylic acids is 1. The molecule has 66 valence electrons. The highest BCUT2D eigenvalue weighted by molar-refractivity contribution is 7.52. The van der Waals surface area contributed by atoms with Gasteiger partial charge in [-0.3, -0.25) is 9.36 Å². The zero-order chi connectivity index (χ0) is 9.07. The molecular weight excluding hydrogens is 171 g/mol. The van der Waals surface area contributed by atoms with Crippen LogP contribution in [0, 0.1) is 0 Å². The van der Waals surface area contributed by atoms with Gasteiger partial charge in [0, 0.05) is 6.42 Å². The van der Waals surface area contributed by atoms with Gasteiger partial charge in [-0.25, -0.2) is 0 Å². The van der Waals surface area contributed by atoms with Gasteiger partial charge in [0.15, 0.2) is 0 Å². The first-order valence-electron chi connectivity index (χ1n) is 3.11. The molecule has 1 unspecified atom stereocenters. The van der Waals surface area contributed by atoms with Crippen molar-refractivity contribution in [3.05, 3.63) is 0 Å². The molecule has 0 aromatic rings. The van der Waals surface area contributed by atoms with E-state index in [-0.39, 0.29) is 12.8 Å². The molecule has 0 rings (SSSR count). The first-order valence-corrected chi connectivity index (χ1v) is 4.79. The second-order valence-electron chi connectivity index (χ2n) is 2.37. The Morgan fingerprint density at radius 2 is 2.00 bits per heavy atom. The van der Waals surface area contributed by atoms with Crippen LogP contribution in [-0.4, -0.2) is 26.5 Å². The highest BCUT2D eigenvalue weighted by Crippen LogP contribution is 2.42. The third-order valence-corrected chi connectivity index (χ3v) is 2.76. The molecule has 0 aromatic heterocycles. The number of carboxylic acid groups (broad SMARTS) is 1. The summed E-state index contributed by atoms with van der Waals surface area (Å²) in [5, 5.41) is 8.18. The second-order valence-corrected chi connectivity index (χ2v) is 4.43. The largest absolute Gasteiger partial charge is 0.481 e. The highest BCUT2D eigenvalue weighted by Gasteiger charge is 2.23. The van der Waals surface area contributed by atoms with Crippen molar-refractivity contribution in [1.29, 1.82) is 0 Å². The van der Waals surface area contributed by atoms with Crippen molar-refractivity contribution in [2.75, 3.05) is 0 Å². The van der Waals surface area contributed by atoms with Gasteiger partial charge in [0.1, 0.15) is 0 Å². The molecular formula is C5H11O5P. The minimum atomic E-state index is -4.08. The predicted molar refractivity (Wildman–Crippen MR) is 38.4 cm³/mol. The van der Waals surface area contributed by atoms with Gasteiger partial charge in [0.05, 0.1) is 5.66 Å². The summed E-state index contributed by atoms with van der Waals surface area (Å²) >= 11 is 0. The lowest BCUT2D eigenvalue weighted by Crippen LogP contribution is -2.06. The summed E-state index contributed by atoms with van der Waals surface area (Å²) in [5.74, 6) is -1.04. The van der Waals surface area contributed by atoms with E-state index in [1.807, 2.05) is 0 Å². The fourth-order valence-electron chi connectivity index (χ4n) is 0.501. The van der Waals surface area contributed by atoms with Crippen LogP contribution in [-0.2, 0) is 9.36 Å². The molecule has 0 bridgehead atoms. The van der Waals surface area contributed by atoms with E-state index < -0.39 is 19.2 Å². The molecule has 1 atom stereocenters. The quantitative estimate of drug-likeness (QED) is 0.547. The molecule has 11 heavy (non-hydrogen) atoms. The van der Waals surface area contributed by atoms with E-state index in [0.717, 1.165) is 0 Å². The maximum absolute atomic E-state index is 10.4. The van der Waals surface area contributed by atoms with E-state index in [9.17, 15) is 9.36 Å². The van der Waals surface area contributed by atoms with Crippen LogP contribution in [0.15, 0.2) is 0 Å². The van der Waals surface area contributed by atoms with Crippen LogP contribution < -0.4 is 0 Å². The van der Waals surface area contributed by atoms with Crippen molar-refractivity contribution < 1.29 is 24.3 Å².